The molecule has 0 aliphatic heterocycles. The molecule has 0 atom stereocenters. The molecule has 5 aromatic rings. The van der Waals surface area contributed by atoms with Gasteiger partial charge < -0.3 is 14.2 Å². The van der Waals surface area contributed by atoms with Crippen LogP contribution in [0.5, 0.6) is 17.4 Å². The number of nitrogens with one attached hydrogen (secondary N) is 1. The van der Waals surface area contributed by atoms with Crippen LogP contribution < -0.4 is 18.9 Å². The van der Waals surface area contributed by atoms with Crippen molar-refractivity contribution in [3.05, 3.63) is 66.9 Å². The van der Waals surface area contributed by atoms with Gasteiger partial charge in [0, 0.05) is 24.7 Å². The number of fused-ring (bicyclic) bond motifs is 1. The Morgan fingerprint density at radius 1 is 0.923 bits per heavy atom. The number of para-hydroxylation sites is 1. The maximum Gasteiger partial charge on any atom is 0.239 e. The summed E-state index contributed by atoms with van der Waals surface area (Å²) in [6, 6.07) is 10.6. The molecule has 13 nitrogen and oxygen atoms in total. The van der Waals surface area contributed by atoms with Crippen LogP contribution in [0.1, 0.15) is 12.6 Å². The summed E-state index contributed by atoms with van der Waals surface area (Å²) >= 11 is 0. The zero-order chi connectivity index (χ0) is 27.4. The van der Waals surface area contributed by atoms with Gasteiger partial charge in [-0.15, -0.1) is 0 Å². The summed E-state index contributed by atoms with van der Waals surface area (Å²) < 4.78 is 46.7. The van der Waals surface area contributed by atoms with Crippen LogP contribution in [0.2, 0.25) is 0 Å². The van der Waals surface area contributed by atoms with E-state index < -0.39 is 10.0 Å². The van der Waals surface area contributed by atoms with Crippen molar-refractivity contribution in [2.24, 2.45) is 0 Å². The largest absolute Gasteiger partial charge is 0.494 e. The number of benzene rings is 1. The molecule has 39 heavy (non-hydrogen) atoms. The number of hydrogen-bond donors (Lipinski definition) is 1. The lowest BCUT2D eigenvalue weighted by Crippen LogP contribution is -2.17. The smallest absolute Gasteiger partial charge is 0.239 e. The molecule has 0 saturated heterocycles. The van der Waals surface area contributed by atoms with Gasteiger partial charge in [-0.2, -0.15) is 0 Å². The van der Waals surface area contributed by atoms with Crippen molar-refractivity contribution in [3.63, 3.8) is 0 Å². The maximum atomic E-state index is 12.9. The van der Waals surface area contributed by atoms with Gasteiger partial charge in [0.1, 0.15) is 28.6 Å². The molecule has 0 aliphatic rings. The van der Waals surface area contributed by atoms with Crippen LogP contribution in [0.3, 0.4) is 0 Å². The van der Waals surface area contributed by atoms with Crippen LogP contribution in [0, 0.1) is 0 Å². The van der Waals surface area contributed by atoms with Crippen molar-refractivity contribution in [1.82, 2.24) is 34.5 Å². The highest BCUT2D eigenvalue weighted by molar-refractivity contribution is 7.91. The number of hydrogen-bond acceptors (Lipinski definition) is 11. The third-order valence-electron chi connectivity index (χ3n) is 5.46. The van der Waals surface area contributed by atoms with E-state index in [1.54, 1.807) is 41.0 Å². The quantitative estimate of drug-likeness (QED) is 0.274. The Balaban J connectivity index is 1.69. The van der Waals surface area contributed by atoms with Gasteiger partial charge in [0.25, 0.3) is 0 Å². The lowest BCUT2D eigenvalue weighted by molar-refractivity contribution is 0.327. The van der Waals surface area contributed by atoms with E-state index in [1.807, 2.05) is 6.92 Å². The standard InChI is InChI=1S/C25H24N8O5S/c1-4-38-21-10-5-7-17(29-21)24-31-23-25(33(24)22-18(36-2)8-6-9-19(22)37-3)30-20(14-28-23)32-39(34,35)15-16-13-26-11-12-27-16/h5-14H,4,15H2,1-3H3,(H,30,32). The van der Waals surface area contributed by atoms with Crippen molar-refractivity contribution in [2.45, 2.75) is 12.7 Å². The molecule has 0 bridgehead atoms. The molecule has 200 valence electrons. The third-order valence-corrected chi connectivity index (χ3v) is 6.65. The van der Waals surface area contributed by atoms with E-state index in [1.165, 1.54) is 39.0 Å². The molecule has 0 saturated carbocycles. The van der Waals surface area contributed by atoms with E-state index in [2.05, 4.69) is 34.6 Å². The van der Waals surface area contributed by atoms with Crippen molar-refractivity contribution >= 4 is 27.1 Å². The highest BCUT2D eigenvalue weighted by Gasteiger charge is 2.24. The summed E-state index contributed by atoms with van der Waals surface area (Å²) in [7, 11) is -0.819. The number of nitrogens with zero attached hydrogens (tertiary/aromatic N) is 7. The molecule has 0 aliphatic carbocycles. The monoisotopic (exact) mass is 548 g/mol. The van der Waals surface area contributed by atoms with E-state index in [-0.39, 0.29) is 28.6 Å². The topological polar surface area (TPSA) is 156 Å². The molecular weight excluding hydrogens is 524 g/mol. The van der Waals surface area contributed by atoms with E-state index in [4.69, 9.17) is 14.2 Å². The summed E-state index contributed by atoms with van der Waals surface area (Å²) in [5.74, 6) is 1.31. The van der Waals surface area contributed by atoms with Gasteiger partial charge in [0.2, 0.25) is 15.9 Å². The summed E-state index contributed by atoms with van der Waals surface area (Å²) in [4.78, 5) is 26.2. The predicted molar refractivity (Wildman–Crippen MR) is 142 cm³/mol. The minimum absolute atomic E-state index is 0.0102. The molecule has 4 aromatic heterocycles. The second-order valence-electron chi connectivity index (χ2n) is 8.04. The highest BCUT2D eigenvalue weighted by atomic mass is 32.2. The fraction of sp³-hybridized carbons (Fsp3) is 0.200. The van der Waals surface area contributed by atoms with Crippen LogP contribution in [-0.2, 0) is 15.8 Å². The fourth-order valence-electron chi connectivity index (χ4n) is 3.90. The molecule has 5 rings (SSSR count). The normalized spacial score (nSPS) is 11.4. The summed E-state index contributed by atoms with van der Waals surface area (Å²) in [5.41, 5.74) is 1.73. The van der Waals surface area contributed by atoms with E-state index in [0.717, 1.165) is 0 Å². The van der Waals surface area contributed by atoms with Gasteiger partial charge in [0.05, 0.1) is 32.7 Å². The van der Waals surface area contributed by atoms with Crippen LogP contribution in [-0.4, -0.2) is 63.7 Å². The molecule has 0 unspecified atom stereocenters. The zero-order valence-corrected chi connectivity index (χ0v) is 22.1. The minimum atomic E-state index is -3.88. The molecule has 1 N–H and O–H groups in total. The number of sulfonamides is 1. The minimum Gasteiger partial charge on any atom is -0.494 e. The van der Waals surface area contributed by atoms with Gasteiger partial charge in [-0.25, -0.2) is 28.4 Å². The lowest BCUT2D eigenvalue weighted by Gasteiger charge is -2.16. The predicted octanol–water partition coefficient (Wildman–Crippen LogP) is 3.03. The lowest BCUT2D eigenvalue weighted by atomic mass is 10.2. The number of pyridine rings is 1. The average molecular weight is 549 g/mol. The average Bonchev–Trinajstić information content (AvgIpc) is 3.31. The number of imidazole rings is 1. The Labute approximate surface area is 223 Å². The van der Waals surface area contributed by atoms with Crippen molar-refractivity contribution in [3.8, 4) is 34.6 Å². The van der Waals surface area contributed by atoms with Crippen molar-refractivity contribution in [1.29, 1.82) is 0 Å². The summed E-state index contributed by atoms with van der Waals surface area (Å²) in [6.07, 6.45) is 5.56. The van der Waals surface area contributed by atoms with Crippen LogP contribution in [0.15, 0.2) is 61.2 Å². The Hall–Kier alpha value is -4.85. The van der Waals surface area contributed by atoms with Gasteiger partial charge >= 0.3 is 0 Å². The second-order valence-corrected chi connectivity index (χ2v) is 9.76. The first-order chi connectivity index (χ1) is 18.9. The molecule has 0 radical (unpaired) electrons. The van der Waals surface area contributed by atoms with Crippen molar-refractivity contribution < 1.29 is 22.6 Å². The molecular formula is C25H24N8O5S. The summed E-state index contributed by atoms with van der Waals surface area (Å²) in [6.45, 7) is 2.30. The number of rotatable bonds is 10. The summed E-state index contributed by atoms with van der Waals surface area (Å²) in [5, 5.41) is 0. The highest BCUT2D eigenvalue weighted by Crippen LogP contribution is 2.38. The number of anilines is 1. The van der Waals surface area contributed by atoms with Gasteiger partial charge in [-0.1, -0.05) is 12.1 Å². The van der Waals surface area contributed by atoms with Gasteiger partial charge in [-0.05, 0) is 25.1 Å². The Morgan fingerprint density at radius 2 is 1.69 bits per heavy atom. The second kappa shape index (κ2) is 10.9. The van der Waals surface area contributed by atoms with Crippen molar-refractivity contribution in [2.75, 3.05) is 25.5 Å². The Morgan fingerprint density at radius 3 is 2.38 bits per heavy atom. The number of methoxy groups -OCH3 is 2. The first-order valence-corrected chi connectivity index (χ1v) is 13.4. The third kappa shape index (κ3) is 5.40. The van der Waals surface area contributed by atoms with E-state index in [0.29, 0.717) is 41.2 Å². The van der Waals surface area contributed by atoms with Gasteiger partial charge in [-0.3, -0.25) is 19.3 Å². The molecule has 1 aromatic carbocycles. The molecule has 4 heterocycles. The first-order valence-electron chi connectivity index (χ1n) is 11.7. The molecule has 14 heteroatoms. The van der Waals surface area contributed by atoms with Crippen LogP contribution >= 0.6 is 0 Å². The maximum absolute atomic E-state index is 12.9. The Bertz CT molecular complexity index is 1710. The molecule has 0 spiro atoms. The fourth-order valence-corrected chi connectivity index (χ4v) is 4.93. The Kier molecular flexibility index (Phi) is 7.19. The molecule has 0 fully saturated rings. The van der Waals surface area contributed by atoms with E-state index in [9.17, 15) is 8.42 Å². The number of ether oxygens (including phenoxy) is 3. The molecule has 0 amide bonds. The SMILES string of the molecule is CCOc1cccc(-c2nc3ncc(NS(=O)(=O)Cc4cnccn4)nc3n2-c2c(OC)cccc2OC)n1. The zero-order valence-electron chi connectivity index (χ0n) is 21.3. The first kappa shape index (κ1) is 25.8. The van der Waals surface area contributed by atoms with E-state index >= 15 is 0 Å². The van der Waals surface area contributed by atoms with Crippen LogP contribution in [0.4, 0.5) is 5.82 Å². The van der Waals surface area contributed by atoms with Crippen LogP contribution in [0.25, 0.3) is 28.5 Å². The van der Waals surface area contributed by atoms with Gasteiger partial charge in [0.15, 0.2) is 22.9 Å². The number of aromatic nitrogens is 7.